The molecular weight excluding hydrogens is 464 g/mol. The zero-order chi connectivity index (χ0) is 26.4. The van der Waals surface area contributed by atoms with E-state index in [-0.39, 0.29) is 17.8 Å². The fourth-order valence-electron chi connectivity index (χ4n) is 4.32. The Morgan fingerprint density at radius 2 is 1.69 bits per heavy atom. The second-order valence-corrected chi connectivity index (χ2v) is 9.30. The number of nitro benzene ring substituents is 1. The maximum absolute atomic E-state index is 12.4. The second-order valence-electron chi connectivity index (χ2n) is 9.30. The van der Waals surface area contributed by atoms with Crippen LogP contribution in [-0.2, 0) is 14.3 Å². The average Bonchev–Trinajstić information content (AvgIpc) is 2.83. The van der Waals surface area contributed by atoms with Crippen LogP contribution in [0.1, 0.15) is 46.8 Å². The number of nitrogens with one attached hydrogen (secondary N) is 2. The van der Waals surface area contributed by atoms with Crippen molar-refractivity contribution in [2.45, 2.75) is 40.5 Å². The van der Waals surface area contributed by atoms with Crippen LogP contribution in [0.3, 0.4) is 0 Å². The van der Waals surface area contributed by atoms with Crippen LogP contribution in [0.5, 0.6) is 0 Å². The monoisotopic (exact) mass is 496 g/mol. The van der Waals surface area contributed by atoms with Crippen LogP contribution in [0.25, 0.3) is 0 Å². The molecule has 1 saturated heterocycles. The van der Waals surface area contributed by atoms with Gasteiger partial charge in [0, 0.05) is 24.8 Å². The number of benzene rings is 2. The van der Waals surface area contributed by atoms with Gasteiger partial charge in [-0.15, -0.1) is 0 Å². The minimum absolute atomic E-state index is 0.0216. The third kappa shape index (κ3) is 6.80. The summed E-state index contributed by atoms with van der Waals surface area (Å²) in [5, 5.41) is 16.8. The van der Waals surface area contributed by atoms with Crippen molar-refractivity contribution in [1.29, 1.82) is 0 Å². The first-order valence-electron chi connectivity index (χ1n) is 11.9. The van der Waals surface area contributed by atoms with Gasteiger partial charge in [-0.05, 0) is 62.8 Å². The fraction of sp³-hybridized carbons (Fsp3) is 0.423. The lowest BCUT2D eigenvalue weighted by Crippen LogP contribution is -2.35. The predicted octanol–water partition coefficient (Wildman–Crippen LogP) is 3.67. The molecule has 2 aromatic carbocycles. The number of aryl methyl sites for hydroxylation is 3. The lowest BCUT2D eigenvalue weighted by molar-refractivity contribution is -0.384. The highest BCUT2D eigenvalue weighted by Crippen LogP contribution is 2.32. The van der Waals surface area contributed by atoms with Crippen LogP contribution in [0.15, 0.2) is 30.3 Å². The van der Waals surface area contributed by atoms with Gasteiger partial charge in [-0.2, -0.15) is 0 Å². The molecule has 1 aliphatic rings. The summed E-state index contributed by atoms with van der Waals surface area (Å²) < 4.78 is 5.01. The molecule has 1 aliphatic heterocycles. The van der Waals surface area contributed by atoms with E-state index in [1.54, 1.807) is 6.07 Å². The average molecular weight is 497 g/mol. The first-order valence-corrected chi connectivity index (χ1v) is 11.9. The Hall–Kier alpha value is -3.95. The van der Waals surface area contributed by atoms with Crippen molar-refractivity contribution in [2.75, 3.05) is 36.5 Å². The normalized spacial score (nSPS) is 13.7. The molecule has 3 rings (SSSR count). The molecule has 0 spiro atoms. The molecule has 36 heavy (non-hydrogen) atoms. The van der Waals surface area contributed by atoms with E-state index in [1.165, 1.54) is 12.1 Å². The van der Waals surface area contributed by atoms with Crippen LogP contribution in [0.2, 0.25) is 0 Å². The van der Waals surface area contributed by atoms with E-state index >= 15 is 0 Å². The van der Waals surface area contributed by atoms with Gasteiger partial charge in [-0.1, -0.05) is 24.6 Å². The SMILES string of the molecule is Cc1cc(C)c(NC(=O)CNC(=O)COC(=O)c2ccc(N3CCC(C)CC3)c([N+](=O)[O-])c2)c(C)c1. The summed E-state index contributed by atoms with van der Waals surface area (Å²) in [5.74, 6) is -1.36. The van der Waals surface area contributed by atoms with Crippen LogP contribution < -0.4 is 15.5 Å². The smallest absolute Gasteiger partial charge is 0.338 e. The van der Waals surface area contributed by atoms with Crippen molar-refractivity contribution in [3.8, 4) is 0 Å². The Labute approximate surface area is 210 Å². The van der Waals surface area contributed by atoms with Crippen molar-refractivity contribution < 1.29 is 24.0 Å². The van der Waals surface area contributed by atoms with Gasteiger partial charge in [0.1, 0.15) is 5.69 Å². The first-order chi connectivity index (χ1) is 17.0. The van der Waals surface area contributed by atoms with Crippen molar-refractivity contribution in [3.63, 3.8) is 0 Å². The number of hydrogen-bond donors (Lipinski definition) is 2. The summed E-state index contributed by atoms with van der Waals surface area (Å²) >= 11 is 0. The third-order valence-corrected chi connectivity index (χ3v) is 6.25. The van der Waals surface area contributed by atoms with E-state index in [0.29, 0.717) is 30.4 Å². The molecule has 0 radical (unpaired) electrons. The zero-order valence-electron chi connectivity index (χ0n) is 21.1. The highest BCUT2D eigenvalue weighted by Gasteiger charge is 2.25. The summed E-state index contributed by atoms with van der Waals surface area (Å²) in [7, 11) is 0. The first kappa shape index (κ1) is 26.7. The Kier molecular flexibility index (Phi) is 8.63. The van der Waals surface area contributed by atoms with Gasteiger partial charge in [-0.25, -0.2) is 4.79 Å². The Morgan fingerprint density at radius 3 is 2.31 bits per heavy atom. The molecule has 2 amide bonds. The van der Waals surface area contributed by atoms with Gasteiger partial charge in [0.15, 0.2) is 6.61 Å². The molecule has 0 bridgehead atoms. The van der Waals surface area contributed by atoms with Gasteiger partial charge in [-0.3, -0.25) is 19.7 Å². The Balaban J connectivity index is 1.53. The zero-order valence-corrected chi connectivity index (χ0v) is 21.1. The molecular formula is C26H32N4O6. The number of carbonyl (C=O) groups excluding carboxylic acids is 3. The number of piperidine rings is 1. The van der Waals surface area contributed by atoms with Crippen molar-refractivity contribution in [3.05, 3.63) is 62.7 Å². The molecule has 1 heterocycles. The third-order valence-electron chi connectivity index (χ3n) is 6.25. The standard InChI is InChI=1S/C26H32N4O6/c1-16-7-9-29(10-8-16)21-6-5-20(13-22(21)30(34)35)26(33)36-15-24(32)27-14-23(31)28-25-18(3)11-17(2)12-19(25)4/h5-6,11-13,16H,7-10,14-15H2,1-4H3,(H,27,32)(H,28,31). The number of esters is 1. The van der Waals surface area contributed by atoms with E-state index in [4.69, 9.17) is 4.74 Å². The lowest BCUT2D eigenvalue weighted by Gasteiger charge is -2.31. The topological polar surface area (TPSA) is 131 Å². The Morgan fingerprint density at radius 1 is 1.06 bits per heavy atom. The number of amides is 2. The van der Waals surface area contributed by atoms with Crippen molar-refractivity contribution in [2.24, 2.45) is 5.92 Å². The van der Waals surface area contributed by atoms with Crippen LogP contribution >= 0.6 is 0 Å². The maximum Gasteiger partial charge on any atom is 0.338 e. The van der Waals surface area contributed by atoms with E-state index < -0.39 is 29.3 Å². The highest BCUT2D eigenvalue weighted by molar-refractivity contribution is 5.97. The molecule has 10 heteroatoms. The molecule has 0 unspecified atom stereocenters. The number of rotatable bonds is 8. The summed E-state index contributed by atoms with van der Waals surface area (Å²) in [4.78, 5) is 49.8. The highest BCUT2D eigenvalue weighted by atomic mass is 16.6. The molecule has 0 aromatic heterocycles. The van der Waals surface area contributed by atoms with Crippen LogP contribution in [-0.4, -0.2) is 48.9 Å². The number of carbonyl (C=O) groups is 3. The van der Waals surface area contributed by atoms with Gasteiger partial charge >= 0.3 is 5.97 Å². The lowest BCUT2D eigenvalue weighted by atomic mass is 9.98. The van der Waals surface area contributed by atoms with Gasteiger partial charge in [0.2, 0.25) is 5.91 Å². The molecule has 0 saturated carbocycles. The van der Waals surface area contributed by atoms with Crippen LogP contribution in [0.4, 0.5) is 17.1 Å². The van der Waals surface area contributed by atoms with Crippen molar-refractivity contribution >= 4 is 34.8 Å². The minimum atomic E-state index is -0.859. The van der Waals surface area contributed by atoms with Crippen LogP contribution in [0, 0.1) is 36.8 Å². The largest absolute Gasteiger partial charge is 0.452 e. The number of ether oxygens (including phenoxy) is 1. The summed E-state index contributed by atoms with van der Waals surface area (Å²) in [5.41, 5.74) is 3.86. The van der Waals surface area contributed by atoms with Gasteiger partial charge in [0.05, 0.1) is 17.0 Å². The molecule has 10 nitrogen and oxygen atoms in total. The molecule has 2 N–H and O–H groups in total. The van der Waals surface area contributed by atoms with Crippen molar-refractivity contribution in [1.82, 2.24) is 5.32 Å². The van der Waals surface area contributed by atoms with E-state index in [1.807, 2.05) is 37.8 Å². The Bertz CT molecular complexity index is 1150. The predicted molar refractivity (Wildman–Crippen MR) is 136 cm³/mol. The van der Waals surface area contributed by atoms with Gasteiger partial charge in [0.25, 0.3) is 11.6 Å². The fourth-order valence-corrected chi connectivity index (χ4v) is 4.32. The molecule has 1 fully saturated rings. The maximum atomic E-state index is 12.4. The number of anilines is 2. The number of nitrogens with zero attached hydrogens (tertiary/aromatic N) is 2. The van der Waals surface area contributed by atoms with E-state index in [0.717, 1.165) is 29.5 Å². The summed E-state index contributed by atoms with van der Waals surface area (Å²) in [6.07, 6.45) is 1.89. The summed E-state index contributed by atoms with van der Waals surface area (Å²) in [6.45, 7) is 8.40. The van der Waals surface area contributed by atoms with Gasteiger partial charge < -0.3 is 20.3 Å². The summed E-state index contributed by atoms with van der Waals surface area (Å²) in [6, 6.07) is 8.08. The van der Waals surface area contributed by atoms with E-state index in [2.05, 4.69) is 17.6 Å². The number of hydrogen-bond acceptors (Lipinski definition) is 7. The molecule has 2 aromatic rings. The quantitative estimate of drug-likeness (QED) is 0.324. The molecule has 0 atom stereocenters. The number of nitro groups is 1. The second kappa shape index (κ2) is 11.7. The molecule has 192 valence electrons. The molecule has 0 aliphatic carbocycles. The van der Waals surface area contributed by atoms with E-state index in [9.17, 15) is 24.5 Å². The minimum Gasteiger partial charge on any atom is -0.452 e.